The molecule has 0 atom stereocenters. The molecule has 0 saturated carbocycles. The second kappa shape index (κ2) is 12.4. The zero-order valence-electron chi connectivity index (χ0n) is 18.7. The van der Waals surface area contributed by atoms with E-state index in [9.17, 15) is 4.79 Å². The zero-order chi connectivity index (χ0) is 22.6. The van der Waals surface area contributed by atoms with Crippen molar-refractivity contribution in [1.29, 1.82) is 0 Å². The molecule has 5 nitrogen and oxygen atoms in total. The van der Waals surface area contributed by atoms with Crippen molar-refractivity contribution in [1.82, 2.24) is 0 Å². The summed E-state index contributed by atoms with van der Waals surface area (Å²) >= 11 is 0. The van der Waals surface area contributed by atoms with E-state index in [0.29, 0.717) is 31.1 Å². The summed E-state index contributed by atoms with van der Waals surface area (Å²) in [6.45, 7) is 3.16. The van der Waals surface area contributed by atoms with Gasteiger partial charge >= 0.3 is 5.97 Å². The Hall–Kier alpha value is -3.47. The molecule has 0 saturated heterocycles. The molecule has 3 aromatic carbocycles. The van der Waals surface area contributed by atoms with Crippen molar-refractivity contribution in [2.45, 2.75) is 32.6 Å². The summed E-state index contributed by atoms with van der Waals surface area (Å²) in [5.74, 6) is 2.73. The van der Waals surface area contributed by atoms with Gasteiger partial charge in [-0.15, -0.1) is 0 Å². The number of carbonyl (C=O) groups is 1. The predicted molar refractivity (Wildman–Crippen MR) is 125 cm³/mol. The summed E-state index contributed by atoms with van der Waals surface area (Å²) in [5.41, 5.74) is 2.05. The molecule has 3 aromatic rings. The van der Waals surface area contributed by atoms with Crippen molar-refractivity contribution in [3.05, 3.63) is 83.9 Å². The van der Waals surface area contributed by atoms with Gasteiger partial charge in [-0.05, 0) is 47.9 Å². The van der Waals surface area contributed by atoms with Crippen LogP contribution in [0.2, 0.25) is 0 Å². The Kier molecular flexibility index (Phi) is 8.99. The third-order valence-corrected chi connectivity index (χ3v) is 4.85. The van der Waals surface area contributed by atoms with E-state index < -0.39 is 0 Å². The molecule has 0 aliphatic carbocycles. The lowest BCUT2D eigenvalue weighted by Gasteiger charge is -2.15. The molecule has 32 heavy (non-hydrogen) atoms. The summed E-state index contributed by atoms with van der Waals surface area (Å²) in [6.07, 6.45) is 2.97. The van der Waals surface area contributed by atoms with Gasteiger partial charge in [0, 0.05) is 6.42 Å². The summed E-state index contributed by atoms with van der Waals surface area (Å²) in [6, 6.07) is 23.3. The molecule has 0 heterocycles. The molecule has 0 N–H and O–H groups in total. The molecule has 0 unspecified atom stereocenters. The first-order valence-corrected chi connectivity index (χ1v) is 11.0. The lowest BCUT2D eigenvalue weighted by atomic mass is 10.1. The lowest BCUT2D eigenvalue weighted by Crippen LogP contribution is -2.07. The standard InChI is InChI=1S/C27H30O5/c1-3-10-22-12-4-5-14-24(22)32-26-16-7-6-15-25(26)31-18-9-17-30-23-13-8-11-21(19-23)20-27(28)29-2/h4-8,11-16,19H,3,9-10,17-18,20H2,1-2H3. The van der Waals surface area contributed by atoms with Crippen LogP contribution in [0, 0.1) is 0 Å². The average molecular weight is 435 g/mol. The number of hydrogen-bond donors (Lipinski definition) is 0. The molecule has 0 fully saturated rings. The highest BCUT2D eigenvalue weighted by molar-refractivity contribution is 5.72. The number of ether oxygens (including phenoxy) is 4. The number of aryl methyl sites for hydroxylation is 1. The van der Waals surface area contributed by atoms with Gasteiger partial charge in [-0.2, -0.15) is 0 Å². The van der Waals surface area contributed by atoms with Crippen molar-refractivity contribution in [2.24, 2.45) is 0 Å². The highest BCUT2D eigenvalue weighted by atomic mass is 16.5. The van der Waals surface area contributed by atoms with E-state index >= 15 is 0 Å². The van der Waals surface area contributed by atoms with Gasteiger partial charge in [0.2, 0.25) is 0 Å². The summed E-state index contributed by atoms with van der Waals surface area (Å²) in [4.78, 5) is 11.4. The Bertz CT molecular complexity index is 999. The molecule has 3 rings (SSSR count). The fraction of sp³-hybridized carbons (Fsp3) is 0.296. The Labute approximate surface area is 189 Å². The zero-order valence-corrected chi connectivity index (χ0v) is 18.7. The molecule has 0 radical (unpaired) electrons. The quantitative estimate of drug-likeness (QED) is 0.259. The first-order chi connectivity index (χ1) is 15.7. The maximum atomic E-state index is 11.4. The lowest BCUT2D eigenvalue weighted by molar-refractivity contribution is -0.139. The largest absolute Gasteiger partial charge is 0.493 e. The Morgan fingerprint density at radius 2 is 1.53 bits per heavy atom. The van der Waals surface area contributed by atoms with Crippen LogP contribution < -0.4 is 14.2 Å². The van der Waals surface area contributed by atoms with Crippen molar-refractivity contribution in [3.63, 3.8) is 0 Å². The van der Waals surface area contributed by atoms with Crippen molar-refractivity contribution in [2.75, 3.05) is 20.3 Å². The minimum atomic E-state index is -0.270. The van der Waals surface area contributed by atoms with E-state index in [1.165, 1.54) is 12.7 Å². The van der Waals surface area contributed by atoms with Gasteiger partial charge in [-0.1, -0.05) is 55.8 Å². The Morgan fingerprint density at radius 1 is 0.812 bits per heavy atom. The van der Waals surface area contributed by atoms with Crippen LogP contribution in [0.5, 0.6) is 23.0 Å². The van der Waals surface area contributed by atoms with Crippen molar-refractivity contribution >= 4 is 5.97 Å². The van der Waals surface area contributed by atoms with Gasteiger partial charge < -0.3 is 18.9 Å². The summed E-state index contributed by atoms with van der Waals surface area (Å²) < 4.78 is 22.7. The van der Waals surface area contributed by atoms with E-state index in [-0.39, 0.29) is 12.4 Å². The van der Waals surface area contributed by atoms with Gasteiger partial charge in [0.25, 0.3) is 0 Å². The summed E-state index contributed by atoms with van der Waals surface area (Å²) in [7, 11) is 1.38. The molecule has 0 bridgehead atoms. The second-order valence-corrected chi connectivity index (χ2v) is 7.36. The number of methoxy groups -OCH3 is 1. The molecule has 0 aliphatic rings. The SMILES string of the molecule is CCCc1ccccc1Oc1ccccc1OCCCOc1cccc(CC(=O)OC)c1. The van der Waals surface area contributed by atoms with Crippen LogP contribution in [0.25, 0.3) is 0 Å². The van der Waals surface area contributed by atoms with E-state index in [4.69, 9.17) is 18.9 Å². The molecule has 0 spiro atoms. The molecule has 0 amide bonds. The van der Waals surface area contributed by atoms with Gasteiger partial charge in [0.05, 0.1) is 26.7 Å². The first-order valence-electron chi connectivity index (χ1n) is 11.0. The first kappa shape index (κ1) is 23.2. The number of esters is 1. The van der Waals surface area contributed by atoms with Gasteiger partial charge in [0.15, 0.2) is 11.5 Å². The second-order valence-electron chi connectivity index (χ2n) is 7.36. The van der Waals surface area contributed by atoms with Crippen LogP contribution in [0.15, 0.2) is 72.8 Å². The number of hydrogen-bond acceptors (Lipinski definition) is 5. The molecule has 0 aromatic heterocycles. The topological polar surface area (TPSA) is 54.0 Å². The number of benzene rings is 3. The van der Waals surface area contributed by atoms with E-state index in [2.05, 4.69) is 13.0 Å². The molecular weight excluding hydrogens is 404 g/mol. The summed E-state index contributed by atoms with van der Waals surface area (Å²) in [5, 5.41) is 0. The third-order valence-electron chi connectivity index (χ3n) is 4.85. The number of rotatable bonds is 12. The minimum absolute atomic E-state index is 0.231. The van der Waals surface area contributed by atoms with Crippen LogP contribution >= 0.6 is 0 Å². The highest BCUT2D eigenvalue weighted by Gasteiger charge is 2.09. The van der Waals surface area contributed by atoms with Crippen LogP contribution in [0.4, 0.5) is 0 Å². The predicted octanol–water partition coefficient (Wildman–Crippen LogP) is 5.99. The maximum absolute atomic E-state index is 11.4. The van der Waals surface area contributed by atoms with Crippen molar-refractivity contribution in [3.8, 4) is 23.0 Å². The average Bonchev–Trinajstić information content (AvgIpc) is 2.81. The Balaban J connectivity index is 1.50. The Morgan fingerprint density at radius 3 is 2.31 bits per heavy atom. The normalized spacial score (nSPS) is 10.4. The van der Waals surface area contributed by atoms with Gasteiger partial charge in [-0.3, -0.25) is 4.79 Å². The van der Waals surface area contributed by atoms with Crippen LogP contribution in [0.3, 0.4) is 0 Å². The minimum Gasteiger partial charge on any atom is -0.493 e. The molecule has 5 heteroatoms. The number of carbonyl (C=O) groups excluding carboxylic acids is 1. The fourth-order valence-corrected chi connectivity index (χ4v) is 3.27. The molecule has 0 aliphatic heterocycles. The van der Waals surface area contributed by atoms with Crippen LogP contribution in [-0.4, -0.2) is 26.3 Å². The van der Waals surface area contributed by atoms with Gasteiger partial charge in [0.1, 0.15) is 11.5 Å². The van der Waals surface area contributed by atoms with E-state index in [0.717, 1.165) is 29.9 Å². The highest BCUT2D eigenvalue weighted by Crippen LogP contribution is 2.33. The smallest absolute Gasteiger partial charge is 0.309 e. The van der Waals surface area contributed by atoms with Gasteiger partial charge in [-0.25, -0.2) is 0 Å². The molecular formula is C27H30O5. The monoisotopic (exact) mass is 434 g/mol. The van der Waals surface area contributed by atoms with Crippen molar-refractivity contribution < 1.29 is 23.7 Å². The van der Waals surface area contributed by atoms with E-state index in [1.807, 2.05) is 66.7 Å². The van der Waals surface area contributed by atoms with Crippen LogP contribution in [-0.2, 0) is 22.4 Å². The number of para-hydroxylation sites is 3. The maximum Gasteiger partial charge on any atom is 0.309 e. The third kappa shape index (κ3) is 7.05. The van der Waals surface area contributed by atoms with Crippen LogP contribution in [0.1, 0.15) is 30.9 Å². The fourth-order valence-electron chi connectivity index (χ4n) is 3.27. The van der Waals surface area contributed by atoms with E-state index in [1.54, 1.807) is 0 Å². The molecule has 168 valence electrons.